The third-order valence-electron chi connectivity index (χ3n) is 4.50. The zero-order valence-electron chi connectivity index (χ0n) is 17.0. The third-order valence-corrected chi connectivity index (χ3v) is 5.37. The molecule has 2 aromatic rings. The Hall–Kier alpha value is -2.80. The fourth-order valence-corrected chi connectivity index (χ4v) is 3.96. The van der Waals surface area contributed by atoms with E-state index in [9.17, 15) is 9.59 Å². The highest BCUT2D eigenvalue weighted by atomic mass is 32.2. The molecule has 0 saturated heterocycles. The van der Waals surface area contributed by atoms with Crippen molar-refractivity contribution in [2.24, 2.45) is 0 Å². The molecule has 7 heteroatoms. The minimum atomic E-state index is -0.563. The van der Waals surface area contributed by atoms with Crippen LogP contribution in [0.5, 0.6) is 0 Å². The van der Waals surface area contributed by atoms with Gasteiger partial charge >= 0.3 is 5.97 Å². The highest BCUT2D eigenvalue weighted by molar-refractivity contribution is 7.99. The highest BCUT2D eigenvalue weighted by Crippen LogP contribution is 2.40. The Labute approximate surface area is 174 Å². The van der Waals surface area contributed by atoms with Gasteiger partial charge in [0, 0.05) is 11.4 Å². The Morgan fingerprint density at radius 2 is 2.14 bits per heavy atom. The first-order valence-corrected chi connectivity index (χ1v) is 10.4. The van der Waals surface area contributed by atoms with Crippen LogP contribution in [0.2, 0.25) is 0 Å². The Morgan fingerprint density at radius 1 is 1.38 bits per heavy atom. The monoisotopic (exact) mass is 411 g/mol. The lowest BCUT2D eigenvalue weighted by Crippen LogP contribution is -2.31. The summed E-state index contributed by atoms with van der Waals surface area (Å²) in [5.41, 5.74) is 3.09. The summed E-state index contributed by atoms with van der Waals surface area (Å²) < 4.78 is 5.49. The van der Waals surface area contributed by atoms with Crippen molar-refractivity contribution in [2.75, 3.05) is 11.1 Å². The molecule has 0 spiro atoms. The Morgan fingerprint density at radius 3 is 2.79 bits per heavy atom. The van der Waals surface area contributed by atoms with E-state index < -0.39 is 11.9 Å². The average Bonchev–Trinajstić information content (AvgIpc) is 2.64. The van der Waals surface area contributed by atoms with Gasteiger partial charge in [0.25, 0.3) is 5.56 Å². The van der Waals surface area contributed by atoms with Crippen molar-refractivity contribution in [1.82, 2.24) is 9.97 Å². The standard InChI is InChI=1S/C22H25N3O3S/c1-6-10-29-22-24-19-18(20(26)25-22)17(15-9-7-8-13(4)11-15)16(14(5)23-19)21(27)28-12(2)3/h6-9,11-12,17H,1,10H2,2-5H3,(H2,23,24,25,26)/t17-/m0/s1. The van der Waals surface area contributed by atoms with Crippen LogP contribution in [-0.2, 0) is 9.53 Å². The number of aromatic amines is 1. The van der Waals surface area contributed by atoms with Gasteiger partial charge in [-0.2, -0.15) is 0 Å². The molecule has 1 aliphatic heterocycles. The van der Waals surface area contributed by atoms with Gasteiger partial charge in [0.15, 0.2) is 5.16 Å². The number of nitrogens with zero attached hydrogens (tertiary/aromatic N) is 1. The summed E-state index contributed by atoms with van der Waals surface area (Å²) in [4.78, 5) is 33.4. The number of H-pyrrole nitrogens is 1. The smallest absolute Gasteiger partial charge is 0.337 e. The summed E-state index contributed by atoms with van der Waals surface area (Å²) in [7, 11) is 0. The van der Waals surface area contributed by atoms with Gasteiger partial charge < -0.3 is 15.0 Å². The van der Waals surface area contributed by atoms with Crippen LogP contribution >= 0.6 is 11.8 Å². The van der Waals surface area contributed by atoms with E-state index >= 15 is 0 Å². The van der Waals surface area contributed by atoms with Crippen LogP contribution in [0.3, 0.4) is 0 Å². The molecule has 2 N–H and O–H groups in total. The van der Waals surface area contributed by atoms with Crippen LogP contribution in [0.25, 0.3) is 0 Å². The number of fused-ring (bicyclic) bond motifs is 1. The Bertz CT molecular complexity index is 1040. The first-order chi connectivity index (χ1) is 13.8. The van der Waals surface area contributed by atoms with Crippen molar-refractivity contribution in [3.63, 3.8) is 0 Å². The minimum Gasteiger partial charge on any atom is -0.460 e. The predicted molar refractivity (Wildman–Crippen MR) is 116 cm³/mol. The Balaban J connectivity index is 2.20. The summed E-state index contributed by atoms with van der Waals surface area (Å²) in [5, 5.41) is 3.65. The maximum absolute atomic E-state index is 13.1. The number of esters is 1. The van der Waals surface area contributed by atoms with Crippen LogP contribution in [0.15, 0.2) is 58.1 Å². The average molecular weight is 412 g/mol. The number of rotatable bonds is 6. The zero-order chi connectivity index (χ0) is 21.1. The number of thioether (sulfide) groups is 1. The lowest BCUT2D eigenvalue weighted by molar-refractivity contribution is -0.143. The molecule has 2 heterocycles. The van der Waals surface area contributed by atoms with Gasteiger partial charge in [0.05, 0.1) is 23.2 Å². The third kappa shape index (κ3) is 4.45. The van der Waals surface area contributed by atoms with Gasteiger partial charge in [-0.3, -0.25) is 4.79 Å². The largest absolute Gasteiger partial charge is 0.460 e. The predicted octanol–water partition coefficient (Wildman–Crippen LogP) is 4.14. The lowest BCUT2D eigenvalue weighted by atomic mass is 9.82. The number of aryl methyl sites for hydroxylation is 1. The minimum absolute atomic E-state index is 0.267. The van der Waals surface area contributed by atoms with Gasteiger partial charge in [-0.1, -0.05) is 47.7 Å². The number of allylic oxidation sites excluding steroid dienone is 1. The van der Waals surface area contributed by atoms with Crippen molar-refractivity contribution < 1.29 is 9.53 Å². The number of aromatic nitrogens is 2. The van der Waals surface area contributed by atoms with Crippen LogP contribution in [0.1, 0.15) is 43.4 Å². The summed E-state index contributed by atoms with van der Waals surface area (Å²) in [6.07, 6.45) is 1.48. The summed E-state index contributed by atoms with van der Waals surface area (Å²) in [6, 6.07) is 7.80. The van der Waals surface area contributed by atoms with E-state index in [0.717, 1.165) is 11.1 Å². The van der Waals surface area contributed by atoms with Gasteiger partial charge in [-0.05, 0) is 33.3 Å². The molecule has 0 bridgehead atoms. The molecule has 1 aliphatic rings. The molecule has 3 rings (SSSR count). The Kier molecular flexibility index (Phi) is 6.27. The number of hydrogen-bond acceptors (Lipinski definition) is 6. The first-order valence-electron chi connectivity index (χ1n) is 9.45. The molecule has 0 aliphatic carbocycles. The number of hydrogen-bond donors (Lipinski definition) is 2. The molecule has 0 saturated carbocycles. The molecule has 152 valence electrons. The fourth-order valence-electron chi connectivity index (χ4n) is 3.37. The van der Waals surface area contributed by atoms with Crippen molar-refractivity contribution in [1.29, 1.82) is 0 Å². The molecule has 0 radical (unpaired) electrons. The summed E-state index contributed by atoms with van der Waals surface area (Å²) >= 11 is 1.39. The maximum Gasteiger partial charge on any atom is 0.337 e. The fraction of sp³-hybridized carbons (Fsp3) is 0.318. The van der Waals surface area contributed by atoms with Crippen molar-refractivity contribution in [2.45, 2.75) is 44.9 Å². The molecule has 0 amide bonds. The topological polar surface area (TPSA) is 84.1 Å². The van der Waals surface area contributed by atoms with Crippen molar-refractivity contribution in [3.8, 4) is 0 Å². The van der Waals surface area contributed by atoms with Gasteiger partial charge in [0.2, 0.25) is 0 Å². The molecule has 0 fully saturated rings. The lowest BCUT2D eigenvalue weighted by Gasteiger charge is -2.29. The van der Waals surface area contributed by atoms with E-state index in [2.05, 4.69) is 21.9 Å². The first kappa shape index (κ1) is 20.9. The van der Waals surface area contributed by atoms with Crippen molar-refractivity contribution in [3.05, 3.63) is 75.2 Å². The number of carbonyl (C=O) groups excluding carboxylic acids is 1. The van der Waals surface area contributed by atoms with E-state index in [1.807, 2.05) is 38.1 Å². The van der Waals surface area contributed by atoms with Crippen LogP contribution < -0.4 is 10.9 Å². The normalized spacial score (nSPS) is 15.7. The van der Waals surface area contributed by atoms with Crippen molar-refractivity contribution >= 4 is 23.5 Å². The zero-order valence-corrected chi connectivity index (χ0v) is 17.9. The van der Waals surface area contributed by atoms with E-state index in [1.54, 1.807) is 19.9 Å². The van der Waals surface area contributed by atoms with Crippen LogP contribution in [-0.4, -0.2) is 27.8 Å². The maximum atomic E-state index is 13.1. The molecule has 1 atom stereocenters. The van der Waals surface area contributed by atoms with E-state index in [-0.39, 0.29) is 11.7 Å². The van der Waals surface area contributed by atoms with Gasteiger partial charge in [0.1, 0.15) is 5.82 Å². The second-order valence-corrected chi connectivity index (χ2v) is 8.21. The summed E-state index contributed by atoms with van der Waals surface area (Å²) in [6.45, 7) is 11.1. The van der Waals surface area contributed by atoms with E-state index in [1.165, 1.54) is 11.8 Å². The molecule has 1 aromatic heterocycles. The molecule has 1 aromatic carbocycles. The SMILES string of the molecule is C=CCSc1nc2c(c(=O)[nH]1)[C@@H](c1cccc(C)c1)C(C(=O)OC(C)C)=C(C)N2. The molecule has 29 heavy (non-hydrogen) atoms. The number of ether oxygens (including phenoxy) is 1. The second kappa shape index (κ2) is 8.69. The van der Waals surface area contributed by atoms with Gasteiger partial charge in [-0.15, -0.1) is 6.58 Å². The van der Waals surface area contributed by atoms with E-state index in [4.69, 9.17) is 4.74 Å². The van der Waals surface area contributed by atoms with Gasteiger partial charge in [-0.25, -0.2) is 9.78 Å². The highest BCUT2D eigenvalue weighted by Gasteiger charge is 2.36. The summed E-state index contributed by atoms with van der Waals surface area (Å²) in [5.74, 6) is 0.0910. The molecular formula is C22H25N3O3S. The van der Waals surface area contributed by atoms with Crippen LogP contribution in [0, 0.1) is 6.92 Å². The van der Waals surface area contributed by atoms with E-state index in [0.29, 0.717) is 33.6 Å². The second-order valence-electron chi connectivity index (χ2n) is 7.20. The number of nitrogens with one attached hydrogen (secondary N) is 2. The number of anilines is 1. The van der Waals surface area contributed by atoms with Crippen LogP contribution in [0.4, 0.5) is 5.82 Å². The number of carbonyl (C=O) groups is 1. The quantitative estimate of drug-likeness (QED) is 0.322. The number of benzene rings is 1. The molecular weight excluding hydrogens is 386 g/mol. The molecule has 0 unspecified atom stereocenters. The molecule has 6 nitrogen and oxygen atoms in total.